The van der Waals surface area contributed by atoms with Crippen molar-refractivity contribution in [3.05, 3.63) is 134 Å². The number of aliphatic hydroxyl groups excluding tert-OH is 2. The molecule has 360 valence electrons. The van der Waals surface area contributed by atoms with Crippen molar-refractivity contribution >= 4 is 19.8 Å². The highest BCUT2D eigenvalue weighted by molar-refractivity contribution is 7.47. The predicted octanol–water partition coefficient (Wildman–Crippen LogP) is 11.4. The van der Waals surface area contributed by atoms with Crippen molar-refractivity contribution < 1.29 is 52.3 Å². The quantitative estimate of drug-likeness (QED) is 0.0136. The largest absolute Gasteiger partial charge is 0.472 e. The maximum Gasteiger partial charge on any atom is 0.472 e. The molecule has 3 N–H and O–H groups in total. The molecular weight excluding hydrogens is 830 g/mol. The Balaban J connectivity index is 4.65. The van der Waals surface area contributed by atoms with Gasteiger partial charge in [-0.05, 0) is 83.5 Å². The number of carbonyl (C=O) groups is 2. The van der Waals surface area contributed by atoms with E-state index in [0.29, 0.717) is 43.1 Å². The molecule has 0 aromatic heterocycles. The van der Waals surface area contributed by atoms with Gasteiger partial charge in [0.25, 0.3) is 0 Å². The van der Waals surface area contributed by atoms with Crippen molar-refractivity contribution in [3.8, 4) is 0 Å². The van der Waals surface area contributed by atoms with Crippen molar-refractivity contribution in [2.75, 3.05) is 47.5 Å². The molecule has 0 spiro atoms. The number of likely N-dealkylation sites (N-methyl/N-ethyl adjacent to an activating group) is 1. The summed E-state index contributed by atoms with van der Waals surface area (Å²) in [6.07, 6.45) is 52.9. The summed E-state index contributed by atoms with van der Waals surface area (Å²) in [7, 11) is 1.31. The van der Waals surface area contributed by atoms with Gasteiger partial charge in [0, 0.05) is 12.8 Å². The molecule has 0 aliphatic carbocycles. The first-order valence-corrected chi connectivity index (χ1v) is 24.6. The topological polar surface area (TPSA) is 149 Å². The molecule has 0 aromatic carbocycles. The van der Waals surface area contributed by atoms with Gasteiger partial charge in [-0.15, -0.1) is 0 Å². The number of phosphoric acid groups is 1. The minimum Gasteiger partial charge on any atom is -0.462 e. The second kappa shape index (κ2) is 41.8. The van der Waals surface area contributed by atoms with Crippen LogP contribution in [0.2, 0.25) is 0 Å². The van der Waals surface area contributed by atoms with Gasteiger partial charge >= 0.3 is 19.8 Å². The molecule has 0 amide bonds. The average Bonchev–Trinajstić information content (AvgIpc) is 3.24. The summed E-state index contributed by atoms with van der Waals surface area (Å²) < 4.78 is 34.1. The molecule has 0 bridgehead atoms. The number of nitrogens with zero attached hydrogens (tertiary/aromatic N) is 1. The number of allylic oxidation sites excluding steroid dienone is 18. The van der Waals surface area contributed by atoms with E-state index < -0.39 is 44.7 Å². The first kappa shape index (κ1) is 60.1. The lowest BCUT2D eigenvalue weighted by atomic mass is 10.1. The van der Waals surface area contributed by atoms with Crippen LogP contribution in [0.15, 0.2) is 134 Å². The van der Waals surface area contributed by atoms with Crippen molar-refractivity contribution in [1.29, 1.82) is 0 Å². The molecule has 0 aliphatic rings. The van der Waals surface area contributed by atoms with Crippen LogP contribution in [0.3, 0.4) is 0 Å². The maximum atomic E-state index is 12.7. The zero-order valence-electron chi connectivity index (χ0n) is 39.7. The normalized spacial score (nSPS) is 15.7. The van der Waals surface area contributed by atoms with Crippen LogP contribution in [0.1, 0.15) is 117 Å². The standard InChI is InChI=1S/C52H82NO10P/c1-6-8-10-11-12-13-14-15-16-17-18-19-20-21-22-23-24-28-36-42-51(56)60-46-50(47-62-64(58,59)61-45-44-53(3,4)5)63-52(57)43-37-29-26-25-27-33-39-49(55)41-35-31-30-34-40-48(54)38-32-9-7-2/h8-10,12-13,15-16,18-19,21-22,26-27,29-35,40-41,48-50,54-55H,6-7,11,14,17,20,23-25,28,36-39,42-47H2,1-5H3/p+1/b10-8-,13-12-,16-15-,19-18-,22-21-,29-26-,31-30-,32-9-,33-27-,40-34+,41-35+/t48-,49+,50+/m0/s1. The lowest BCUT2D eigenvalue weighted by Crippen LogP contribution is -2.37. The summed E-state index contributed by atoms with van der Waals surface area (Å²) in [4.78, 5) is 35.4. The molecule has 0 saturated carbocycles. The fourth-order valence-electron chi connectivity index (χ4n) is 5.24. The van der Waals surface area contributed by atoms with Gasteiger partial charge in [-0.1, -0.05) is 154 Å². The van der Waals surface area contributed by atoms with Crippen molar-refractivity contribution in [2.45, 2.75) is 135 Å². The SMILES string of the molecule is CC/C=C\C/C=C\C/C=C\C/C=C\C/C=C\CCCCCC(=O)OC[C@H](COP(=O)(O)OCC[N+](C)(C)C)OC(=O)CC/C=C\C/C=C\C[C@@H](O)/C=C/C=C\C=C\[C@@H](O)C/C=C\CC. The number of unbranched alkanes of at least 4 members (excludes halogenated alkanes) is 3. The van der Waals surface area contributed by atoms with Gasteiger partial charge in [0.1, 0.15) is 19.8 Å². The van der Waals surface area contributed by atoms with E-state index in [9.17, 15) is 29.3 Å². The van der Waals surface area contributed by atoms with Crippen LogP contribution in [-0.4, -0.2) is 97.3 Å². The summed E-state index contributed by atoms with van der Waals surface area (Å²) >= 11 is 0. The smallest absolute Gasteiger partial charge is 0.462 e. The Morgan fingerprint density at radius 1 is 0.562 bits per heavy atom. The van der Waals surface area contributed by atoms with E-state index in [1.807, 2.05) is 64.5 Å². The zero-order chi connectivity index (χ0) is 47.4. The van der Waals surface area contributed by atoms with Crippen molar-refractivity contribution in [2.24, 2.45) is 0 Å². The fourth-order valence-corrected chi connectivity index (χ4v) is 5.98. The second-order valence-electron chi connectivity index (χ2n) is 16.1. The molecule has 0 aliphatic heterocycles. The highest BCUT2D eigenvalue weighted by atomic mass is 31.2. The van der Waals surface area contributed by atoms with Gasteiger partial charge in [-0.3, -0.25) is 18.6 Å². The van der Waals surface area contributed by atoms with Gasteiger partial charge in [-0.25, -0.2) is 4.57 Å². The number of carbonyl (C=O) groups excluding carboxylic acids is 2. The van der Waals surface area contributed by atoms with Crippen LogP contribution in [-0.2, 0) is 32.7 Å². The number of esters is 2. The van der Waals surface area contributed by atoms with Gasteiger partial charge < -0.3 is 29.1 Å². The molecule has 0 fully saturated rings. The van der Waals surface area contributed by atoms with Crippen LogP contribution in [0, 0.1) is 0 Å². The van der Waals surface area contributed by atoms with Gasteiger partial charge in [0.2, 0.25) is 0 Å². The summed E-state index contributed by atoms with van der Waals surface area (Å²) in [5, 5.41) is 20.0. The molecule has 0 radical (unpaired) electrons. The molecule has 64 heavy (non-hydrogen) atoms. The van der Waals surface area contributed by atoms with Crippen molar-refractivity contribution in [1.82, 2.24) is 0 Å². The summed E-state index contributed by atoms with van der Waals surface area (Å²) in [6, 6.07) is 0. The molecule has 12 heteroatoms. The number of hydrogen-bond acceptors (Lipinski definition) is 9. The van der Waals surface area contributed by atoms with Crippen LogP contribution in [0.5, 0.6) is 0 Å². The van der Waals surface area contributed by atoms with Gasteiger partial charge in [-0.2, -0.15) is 0 Å². The molecule has 0 heterocycles. The summed E-state index contributed by atoms with van der Waals surface area (Å²) in [5.74, 6) is -1.02. The third kappa shape index (κ3) is 44.7. The Morgan fingerprint density at radius 2 is 1.05 bits per heavy atom. The maximum absolute atomic E-state index is 12.7. The Hall–Kier alpha value is -3.93. The monoisotopic (exact) mass is 913 g/mol. The number of phosphoric ester groups is 1. The molecule has 0 rings (SSSR count). The molecular formula is C52H83NO10P+. The summed E-state index contributed by atoms with van der Waals surface area (Å²) in [6.45, 7) is 3.83. The molecule has 0 aromatic rings. The number of rotatable bonds is 39. The zero-order valence-corrected chi connectivity index (χ0v) is 40.6. The van der Waals surface area contributed by atoms with Gasteiger partial charge in [0.15, 0.2) is 6.10 Å². The number of hydrogen-bond donors (Lipinski definition) is 3. The van der Waals surface area contributed by atoms with E-state index in [1.54, 1.807) is 36.5 Å². The molecule has 11 nitrogen and oxygen atoms in total. The van der Waals surface area contributed by atoms with E-state index >= 15 is 0 Å². The van der Waals surface area contributed by atoms with E-state index in [-0.39, 0.29) is 26.1 Å². The third-order valence-corrected chi connectivity index (χ3v) is 9.84. The Bertz CT molecular complexity index is 1580. The highest BCUT2D eigenvalue weighted by Crippen LogP contribution is 2.43. The van der Waals surface area contributed by atoms with E-state index in [0.717, 1.165) is 57.8 Å². The fraction of sp³-hybridized carbons (Fsp3) is 0.538. The number of quaternary nitrogens is 1. The molecule has 1 unspecified atom stereocenters. The second-order valence-corrected chi connectivity index (χ2v) is 17.5. The first-order chi connectivity index (χ1) is 30.8. The highest BCUT2D eigenvalue weighted by Gasteiger charge is 2.27. The van der Waals surface area contributed by atoms with E-state index in [2.05, 4.69) is 67.7 Å². The van der Waals surface area contributed by atoms with Crippen molar-refractivity contribution in [3.63, 3.8) is 0 Å². The van der Waals surface area contributed by atoms with Crippen LogP contribution in [0.25, 0.3) is 0 Å². The summed E-state index contributed by atoms with van der Waals surface area (Å²) in [5.41, 5.74) is 0. The average molecular weight is 913 g/mol. The van der Waals surface area contributed by atoms with Gasteiger partial charge in [0.05, 0.1) is 40.0 Å². The third-order valence-electron chi connectivity index (χ3n) is 8.86. The lowest BCUT2D eigenvalue weighted by molar-refractivity contribution is -0.870. The van der Waals surface area contributed by atoms with E-state index in [1.165, 1.54) is 0 Å². The molecule has 0 saturated heterocycles. The minimum absolute atomic E-state index is 0.0163. The Labute approximate surface area is 386 Å². The number of aliphatic hydroxyl groups is 2. The van der Waals surface area contributed by atoms with E-state index in [4.69, 9.17) is 18.5 Å². The molecule has 4 atom stereocenters. The van der Waals surface area contributed by atoms with Crippen LogP contribution >= 0.6 is 7.82 Å². The predicted molar refractivity (Wildman–Crippen MR) is 263 cm³/mol. The number of ether oxygens (including phenoxy) is 2. The lowest BCUT2D eigenvalue weighted by Gasteiger charge is -2.24. The first-order valence-electron chi connectivity index (χ1n) is 23.1. The Kier molecular flexibility index (Phi) is 39.2. The minimum atomic E-state index is -4.45. The van der Waals surface area contributed by atoms with Crippen LogP contribution in [0.4, 0.5) is 0 Å². The van der Waals surface area contributed by atoms with Crippen LogP contribution < -0.4 is 0 Å². The Morgan fingerprint density at radius 3 is 1.59 bits per heavy atom.